The Balaban J connectivity index is 1.51. The van der Waals surface area contributed by atoms with Crippen LogP contribution in [0, 0.1) is 0 Å². The summed E-state index contributed by atoms with van der Waals surface area (Å²) < 4.78 is 0. The minimum Gasteiger partial charge on any atom is -0.508 e. The Morgan fingerprint density at radius 1 is 0.769 bits per heavy atom. The van der Waals surface area contributed by atoms with Crippen molar-refractivity contribution >= 4 is 46.3 Å². The first-order valence-corrected chi connectivity index (χ1v) is 17.4. The van der Waals surface area contributed by atoms with E-state index in [0.29, 0.717) is 24.0 Å². The number of aromatic nitrogens is 1. The average molecular weight is 719 g/mol. The number of aliphatic hydroxyl groups excluding tert-OH is 1. The van der Waals surface area contributed by atoms with E-state index in [1.54, 1.807) is 18.3 Å². The topological polar surface area (TPSA) is 248 Å². The maximum Gasteiger partial charge on any atom is 0.245 e. The lowest BCUT2D eigenvalue weighted by molar-refractivity contribution is -0.142. The van der Waals surface area contributed by atoms with Crippen molar-refractivity contribution in [2.45, 2.75) is 81.7 Å². The Morgan fingerprint density at radius 2 is 1.38 bits per heavy atom. The molecule has 278 valence electrons. The van der Waals surface area contributed by atoms with Gasteiger partial charge < -0.3 is 52.4 Å². The largest absolute Gasteiger partial charge is 0.508 e. The van der Waals surface area contributed by atoms with Crippen LogP contribution in [0.4, 0.5) is 0 Å². The van der Waals surface area contributed by atoms with Gasteiger partial charge in [0.15, 0.2) is 0 Å². The summed E-state index contributed by atoms with van der Waals surface area (Å²) in [6, 6.07) is 6.22. The van der Waals surface area contributed by atoms with Gasteiger partial charge in [-0.2, -0.15) is 0 Å². The number of hydrogen-bond acceptors (Lipinski definition) is 9. The van der Waals surface area contributed by atoms with Crippen molar-refractivity contribution in [1.29, 1.82) is 0 Å². The van der Waals surface area contributed by atoms with Crippen LogP contribution in [-0.2, 0) is 41.6 Å². The molecule has 6 atom stereocenters. The number of carbonyl (C=O) groups is 6. The minimum absolute atomic E-state index is 0.00882. The van der Waals surface area contributed by atoms with Gasteiger partial charge in [0.1, 0.15) is 42.0 Å². The summed E-state index contributed by atoms with van der Waals surface area (Å²) in [5.74, 6) is -4.15. The Kier molecular flexibility index (Phi) is 12.5. The molecule has 52 heavy (non-hydrogen) atoms. The standard InChI is InChI=1S/C36H46N8O8/c1-20-36(52)44-15-5-9-30(44)35(51)43-29(19-45)34(50)42-28(17-22-18-38-25-7-3-2-6-24(22)25)33(49)40-26(8-4-14-37)31(47)41-27(32(48)39-20)16-21-10-12-23(46)13-11-21/h2-3,6-7,10-13,18,20,26-30,38,45-46H,4-5,8-9,14-17,19,37H2,1H3,(H,39,48)(H,40,49)(H,41,47)(H,42,50)(H,43,51)/t20-,26+,27+,28+,29+,30+/m1/s1. The SMILES string of the molecule is C[C@H]1NC(=O)[C@H](Cc2ccc(O)cc2)NC(=O)[C@H](CCCN)NC(=O)[C@H](Cc2c[nH]c3ccccc23)NC(=O)[C@H](CO)NC(=O)[C@@H]2CCCN2C1=O. The van der Waals surface area contributed by atoms with Crippen molar-refractivity contribution in [2.75, 3.05) is 19.7 Å². The van der Waals surface area contributed by atoms with Gasteiger partial charge >= 0.3 is 0 Å². The van der Waals surface area contributed by atoms with Gasteiger partial charge in [0.25, 0.3) is 0 Å². The van der Waals surface area contributed by atoms with E-state index in [9.17, 15) is 39.0 Å². The van der Waals surface area contributed by atoms with Crippen LogP contribution in [0.15, 0.2) is 54.7 Å². The lowest BCUT2D eigenvalue weighted by Crippen LogP contribution is -2.62. The molecule has 3 aromatic rings. The number of nitrogens with one attached hydrogen (secondary N) is 6. The lowest BCUT2D eigenvalue weighted by atomic mass is 10.0. The van der Waals surface area contributed by atoms with Crippen LogP contribution in [0.3, 0.4) is 0 Å². The monoisotopic (exact) mass is 718 g/mol. The van der Waals surface area contributed by atoms with Crippen LogP contribution >= 0.6 is 0 Å². The molecule has 0 saturated carbocycles. The van der Waals surface area contributed by atoms with Crippen molar-refractivity contribution in [2.24, 2.45) is 5.73 Å². The molecule has 0 unspecified atom stereocenters. The van der Waals surface area contributed by atoms with Crippen LogP contribution in [0.25, 0.3) is 10.9 Å². The molecule has 2 aromatic carbocycles. The van der Waals surface area contributed by atoms with Gasteiger partial charge in [0.05, 0.1) is 6.61 Å². The quantitative estimate of drug-likeness (QED) is 0.136. The predicted molar refractivity (Wildman–Crippen MR) is 189 cm³/mol. The van der Waals surface area contributed by atoms with Crippen LogP contribution in [0.2, 0.25) is 0 Å². The molecule has 2 aliphatic rings. The Bertz CT molecular complexity index is 1780. The molecular weight excluding hydrogens is 672 g/mol. The van der Waals surface area contributed by atoms with Gasteiger partial charge in [0, 0.05) is 36.5 Å². The van der Waals surface area contributed by atoms with Crippen molar-refractivity contribution in [3.63, 3.8) is 0 Å². The number of carbonyl (C=O) groups excluding carboxylic acids is 6. The van der Waals surface area contributed by atoms with Crippen LogP contribution in [0.1, 0.15) is 43.7 Å². The van der Waals surface area contributed by atoms with Crippen LogP contribution < -0.4 is 32.3 Å². The number of amides is 6. The molecule has 0 aliphatic carbocycles. The number of nitrogens with two attached hydrogens (primary N) is 1. The van der Waals surface area contributed by atoms with Crippen molar-refractivity contribution in [1.82, 2.24) is 36.5 Å². The molecule has 0 radical (unpaired) electrons. The summed E-state index contributed by atoms with van der Waals surface area (Å²) in [6.45, 7) is 1.08. The summed E-state index contributed by atoms with van der Waals surface area (Å²) in [5, 5.41) is 34.1. The highest BCUT2D eigenvalue weighted by atomic mass is 16.3. The van der Waals surface area contributed by atoms with Crippen molar-refractivity contribution < 1.29 is 39.0 Å². The van der Waals surface area contributed by atoms with E-state index in [4.69, 9.17) is 5.73 Å². The third kappa shape index (κ3) is 9.05. The molecule has 10 N–H and O–H groups in total. The molecule has 16 heteroatoms. The fourth-order valence-electron chi connectivity index (χ4n) is 6.60. The average Bonchev–Trinajstić information content (AvgIpc) is 3.79. The van der Waals surface area contributed by atoms with Gasteiger partial charge in [-0.1, -0.05) is 30.3 Å². The number of phenolic OH excluding ortho intramolecular Hbond substituents is 1. The number of aliphatic hydroxyl groups is 1. The molecule has 6 amide bonds. The first-order chi connectivity index (χ1) is 25.0. The number of para-hydroxylation sites is 1. The molecule has 2 saturated heterocycles. The van der Waals surface area contributed by atoms with Gasteiger partial charge in [-0.15, -0.1) is 0 Å². The highest BCUT2D eigenvalue weighted by Gasteiger charge is 2.39. The van der Waals surface area contributed by atoms with E-state index in [1.165, 1.54) is 24.0 Å². The second-order valence-corrected chi connectivity index (χ2v) is 13.2. The fourth-order valence-corrected chi connectivity index (χ4v) is 6.60. The molecule has 3 heterocycles. The number of phenols is 1. The fraction of sp³-hybridized carbons (Fsp3) is 0.444. The van der Waals surface area contributed by atoms with Gasteiger partial charge in [-0.05, 0) is 68.5 Å². The van der Waals surface area contributed by atoms with E-state index >= 15 is 0 Å². The number of aromatic amines is 1. The number of H-pyrrole nitrogens is 1. The second-order valence-electron chi connectivity index (χ2n) is 13.2. The minimum atomic E-state index is -1.46. The van der Waals surface area contributed by atoms with E-state index in [1.807, 2.05) is 24.3 Å². The number of fused-ring (bicyclic) bond motifs is 2. The first-order valence-electron chi connectivity index (χ1n) is 17.4. The number of benzene rings is 2. The molecule has 0 spiro atoms. The number of hydrogen-bond donors (Lipinski definition) is 9. The highest BCUT2D eigenvalue weighted by Crippen LogP contribution is 2.21. The summed E-state index contributed by atoms with van der Waals surface area (Å²) in [6.07, 6.45) is 2.85. The molecule has 16 nitrogen and oxygen atoms in total. The number of nitrogens with zero attached hydrogens (tertiary/aromatic N) is 1. The van der Waals surface area contributed by atoms with Gasteiger partial charge in [-0.3, -0.25) is 28.8 Å². The third-order valence-electron chi connectivity index (χ3n) is 9.45. The van der Waals surface area contributed by atoms with E-state index < -0.39 is 78.3 Å². The number of rotatable bonds is 8. The zero-order valence-corrected chi connectivity index (χ0v) is 28.9. The first kappa shape index (κ1) is 37.8. The molecule has 5 rings (SSSR count). The predicted octanol–water partition coefficient (Wildman–Crippen LogP) is -1.16. The molecule has 1 aromatic heterocycles. The van der Waals surface area contributed by atoms with Crippen molar-refractivity contribution in [3.05, 3.63) is 65.9 Å². The zero-order chi connectivity index (χ0) is 37.4. The molecule has 0 bridgehead atoms. The normalized spacial score (nSPS) is 25.3. The van der Waals surface area contributed by atoms with Gasteiger partial charge in [-0.25, -0.2) is 0 Å². The summed E-state index contributed by atoms with van der Waals surface area (Å²) in [7, 11) is 0. The van der Waals surface area contributed by atoms with Gasteiger partial charge in [0.2, 0.25) is 35.4 Å². The van der Waals surface area contributed by atoms with Crippen LogP contribution in [0.5, 0.6) is 5.75 Å². The Hall–Kier alpha value is -5.48. The van der Waals surface area contributed by atoms with E-state index in [-0.39, 0.29) is 44.5 Å². The smallest absolute Gasteiger partial charge is 0.245 e. The van der Waals surface area contributed by atoms with E-state index in [2.05, 4.69) is 31.6 Å². The Morgan fingerprint density at radius 3 is 2.10 bits per heavy atom. The summed E-state index contributed by atoms with van der Waals surface area (Å²) in [5.41, 5.74) is 7.85. The molecule has 2 fully saturated rings. The lowest BCUT2D eigenvalue weighted by Gasteiger charge is -2.30. The Labute approximate surface area is 300 Å². The third-order valence-corrected chi connectivity index (χ3v) is 9.45. The maximum absolute atomic E-state index is 14.0. The second kappa shape index (κ2) is 17.2. The molecular formula is C36H46N8O8. The maximum atomic E-state index is 14.0. The zero-order valence-electron chi connectivity index (χ0n) is 28.9. The highest BCUT2D eigenvalue weighted by molar-refractivity contribution is 5.98. The van der Waals surface area contributed by atoms with Crippen LogP contribution in [-0.4, -0.2) is 111 Å². The summed E-state index contributed by atoms with van der Waals surface area (Å²) >= 11 is 0. The van der Waals surface area contributed by atoms with E-state index in [0.717, 1.165) is 10.9 Å². The summed E-state index contributed by atoms with van der Waals surface area (Å²) in [4.78, 5) is 86.9. The van der Waals surface area contributed by atoms with Crippen molar-refractivity contribution in [3.8, 4) is 5.75 Å². The number of aromatic hydroxyl groups is 1. The molecule has 2 aliphatic heterocycles.